The zero-order chi connectivity index (χ0) is 27.3. The highest BCUT2D eigenvalue weighted by Crippen LogP contribution is 2.12. The van der Waals surface area contributed by atoms with Gasteiger partial charge in [0.15, 0.2) is 0 Å². The molecule has 0 fully saturated rings. The first kappa shape index (κ1) is 28.1. The van der Waals surface area contributed by atoms with Gasteiger partial charge in [0.05, 0.1) is 19.1 Å². The Morgan fingerprint density at radius 1 is 0.711 bits per heavy atom. The highest BCUT2D eigenvalue weighted by atomic mass is 16.4. The maximum Gasteiger partial charge on any atom is 0.303 e. The summed E-state index contributed by atoms with van der Waals surface area (Å²) in [4.78, 5) is 48.7. The monoisotopic (exact) mass is 517 g/mol. The van der Waals surface area contributed by atoms with Gasteiger partial charge in [-0.25, -0.2) is 0 Å². The van der Waals surface area contributed by atoms with Gasteiger partial charge in [-0.1, -0.05) is 60.7 Å². The summed E-state index contributed by atoms with van der Waals surface area (Å²) in [5, 5.41) is 26.8. The Kier molecular flexibility index (Phi) is 10.6. The Labute approximate surface area is 220 Å². The number of benzene rings is 3. The zero-order valence-corrected chi connectivity index (χ0v) is 20.8. The van der Waals surface area contributed by atoms with Gasteiger partial charge in [-0.15, -0.1) is 0 Å². The lowest BCUT2D eigenvalue weighted by atomic mass is 10.0. The van der Waals surface area contributed by atoms with E-state index in [0.717, 1.165) is 11.1 Å². The number of amides is 3. The minimum atomic E-state index is -1.06. The van der Waals surface area contributed by atoms with Crippen LogP contribution in [0.2, 0.25) is 0 Å². The molecule has 2 atom stereocenters. The first-order valence-corrected chi connectivity index (χ1v) is 12.3. The van der Waals surface area contributed by atoms with Gasteiger partial charge in [0, 0.05) is 24.1 Å². The first-order valence-electron chi connectivity index (χ1n) is 12.3. The van der Waals surface area contributed by atoms with Crippen molar-refractivity contribution in [3.63, 3.8) is 0 Å². The summed E-state index contributed by atoms with van der Waals surface area (Å²) < 4.78 is 0. The van der Waals surface area contributed by atoms with E-state index in [1.807, 2.05) is 60.7 Å². The number of aliphatic hydroxyl groups excluding tert-OH is 1. The fourth-order valence-electron chi connectivity index (χ4n) is 3.81. The van der Waals surface area contributed by atoms with Gasteiger partial charge in [-0.2, -0.15) is 0 Å². The molecule has 0 aliphatic heterocycles. The number of nitrogens with one attached hydrogen (secondary N) is 3. The maximum atomic E-state index is 13.2. The van der Waals surface area contributed by atoms with Crippen LogP contribution in [0.25, 0.3) is 0 Å². The molecule has 0 unspecified atom stereocenters. The van der Waals surface area contributed by atoms with Crippen LogP contribution in [-0.4, -0.2) is 52.6 Å². The van der Waals surface area contributed by atoms with Crippen LogP contribution in [-0.2, 0) is 27.2 Å². The number of hydrogen-bond acceptors (Lipinski definition) is 5. The first-order chi connectivity index (χ1) is 18.3. The summed E-state index contributed by atoms with van der Waals surface area (Å²) in [6.45, 7) is -0.258. The SMILES string of the molecule is O=C(O)CCC(=O)Nc1ccc(C(=O)N[C@@H](Cc2ccccc2)C(=O)N[C@H](CO)Cc2ccccc2)cc1. The summed E-state index contributed by atoms with van der Waals surface area (Å²) in [5.74, 6) is -2.40. The van der Waals surface area contributed by atoms with Crippen molar-refractivity contribution in [2.45, 2.75) is 37.8 Å². The van der Waals surface area contributed by atoms with Gasteiger partial charge in [0.25, 0.3) is 5.91 Å². The normalized spacial score (nSPS) is 12.1. The van der Waals surface area contributed by atoms with Crippen molar-refractivity contribution in [1.29, 1.82) is 0 Å². The zero-order valence-electron chi connectivity index (χ0n) is 20.8. The predicted octanol–water partition coefficient (Wildman–Crippen LogP) is 2.55. The Hall–Kier alpha value is -4.50. The van der Waals surface area contributed by atoms with Crippen molar-refractivity contribution in [3.05, 3.63) is 102 Å². The topological polar surface area (TPSA) is 145 Å². The minimum Gasteiger partial charge on any atom is -0.481 e. The lowest BCUT2D eigenvalue weighted by Crippen LogP contribution is -2.52. The van der Waals surface area contributed by atoms with Gasteiger partial charge in [0.2, 0.25) is 11.8 Å². The van der Waals surface area contributed by atoms with Crippen molar-refractivity contribution in [3.8, 4) is 0 Å². The molecular formula is C29H31N3O6. The third kappa shape index (κ3) is 9.18. The molecule has 3 rings (SSSR count). The maximum absolute atomic E-state index is 13.2. The second-order valence-electron chi connectivity index (χ2n) is 8.81. The molecule has 3 amide bonds. The standard InChI is InChI=1S/C29H31N3O6/c33-19-24(17-20-7-3-1-4-8-20)31-29(38)25(18-21-9-5-2-6-10-21)32-28(37)22-11-13-23(14-12-22)30-26(34)15-16-27(35)36/h1-14,24-25,33H,15-19H2,(H,30,34)(H,31,38)(H,32,37)(H,35,36)/t24-,25-/m0/s1. The van der Waals surface area contributed by atoms with Crippen LogP contribution in [0.1, 0.15) is 34.3 Å². The summed E-state index contributed by atoms with van der Waals surface area (Å²) in [7, 11) is 0. The second-order valence-corrected chi connectivity index (χ2v) is 8.81. The van der Waals surface area contributed by atoms with Gasteiger partial charge in [-0.3, -0.25) is 19.2 Å². The molecule has 0 heterocycles. The summed E-state index contributed by atoms with van der Waals surface area (Å²) in [6.07, 6.45) is 0.251. The van der Waals surface area contributed by atoms with Crippen LogP contribution < -0.4 is 16.0 Å². The molecule has 0 radical (unpaired) electrons. The minimum absolute atomic E-state index is 0.160. The third-order valence-electron chi connectivity index (χ3n) is 5.79. The van der Waals surface area contributed by atoms with Crippen molar-refractivity contribution in [2.75, 3.05) is 11.9 Å². The summed E-state index contributed by atoms with van der Waals surface area (Å²) >= 11 is 0. The molecule has 38 heavy (non-hydrogen) atoms. The average molecular weight is 518 g/mol. The molecule has 3 aromatic carbocycles. The molecule has 0 saturated carbocycles. The highest BCUT2D eigenvalue weighted by molar-refractivity contribution is 5.98. The van der Waals surface area contributed by atoms with Gasteiger partial charge < -0.3 is 26.2 Å². The Morgan fingerprint density at radius 2 is 1.29 bits per heavy atom. The van der Waals surface area contributed by atoms with Crippen molar-refractivity contribution >= 4 is 29.4 Å². The van der Waals surface area contributed by atoms with Crippen LogP contribution in [0.4, 0.5) is 5.69 Å². The van der Waals surface area contributed by atoms with Crippen LogP contribution in [0.15, 0.2) is 84.9 Å². The molecule has 3 aromatic rings. The molecule has 198 valence electrons. The number of aliphatic carboxylic acids is 1. The molecule has 9 heteroatoms. The number of aliphatic hydroxyl groups is 1. The van der Waals surface area contributed by atoms with Crippen LogP contribution in [0.3, 0.4) is 0 Å². The lowest BCUT2D eigenvalue weighted by molar-refractivity contribution is -0.138. The number of rotatable bonds is 13. The Balaban J connectivity index is 1.67. The number of hydrogen-bond donors (Lipinski definition) is 5. The number of carboxylic acids is 1. The van der Waals surface area contributed by atoms with Gasteiger partial charge >= 0.3 is 5.97 Å². The quantitative estimate of drug-likeness (QED) is 0.236. The van der Waals surface area contributed by atoms with E-state index < -0.39 is 35.8 Å². The number of carbonyl (C=O) groups is 4. The molecule has 5 N–H and O–H groups in total. The van der Waals surface area contributed by atoms with Crippen molar-refractivity contribution < 1.29 is 29.4 Å². The van der Waals surface area contributed by atoms with E-state index in [9.17, 15) is 24.3 Å². The number of carboxylic acid groups (broad SMARTS) is 1. The van der Waals surface area contributed by atoms with E-state index in [0.29, 0.717) is 12.1 Å². The fourth-order valence-corrected chi connectivity index (χ4v) is 3.81. The largest absolute Gasteiger partial charge is 0.481 e. The molecular weight excluding hydrogens is 486 g/mol. The Morgan fingerprint density at radius 3 is 1.84 bits per heavy atom. The van der Waals surface area contributed by atoms with Crippen LogP contribution in [0, 0.1) is 0 Å². The van der Waals surface area contributed by atoms with Crippen molar-refractivity contribution in [1.82, 2.24) is 10.6 Å². The third-order valence-corrected chi connectivity index (χ3v) is 5.79. The van der Waals surface area contributed by atoms with Crippen molar-refractivity contribution in [2.24, 2.45) is 0 Å². The van der Waals surface area contributed by atoms with E-state index in [1.54, 1.807) is 0 Å². The molecule has 0 aliphatic carbocycles. The van der Waals surface area contributed by atoms with Gasteiger partial charge in [-0.05, 0) is 41.8 Å². The number of carbonyl (C=O) groups excluding carboxylic acids is 3. The molecule has 0 aromatic heterocycles. The smallest absolute Gasteiger partial charge is 0.303 e. The highest BCUT2D eigenvalue weighted by Gasteiger charge is 2.24. The molecule has 0 bridgehead atoms. The molecule has 0 saturated heterocycles. The average Bonchev–Trinajstić information content (AvgIpc) is 2.92. The molecule has 9 nitrogen and oxygen atoms in total. The summed E-state index contributed by atoms with van der Waals surface area (Å²) in [5.41, 5.74) is 2.52. The van der Waals surface area contributed by atoms with E-state index >= 15 is 0 Å². The number of anilines is 1. The van der Waals surface area contributed by atoms with Crippen LogP contribution >= 0.6 is 0 Å². The van der Waals surface area contributed by atoms with E-state index in [-0.39, 0.29) is 31.4 Å². The van der Waals surface area contributed by atoms with E-state index in [1.165, 1.54) is 24.3 Å². The van der Waals surface area contributed by atoms with Gasteiger partial charge in [0.1, 0.15) is 6.04 Å². The Bertz CT molecular complexity index is 1220. The molecule has 0 aliphatic rings. The van der Waals surface area contributed by atoms with E-state index in [2.05, 4.69) is 16.0 Å². The molecule has 0 spiro atoms. The second kappa shape index (κ2) is 14.3. The van der Waals surface area contributed by atoms with Crippen LogP contribution in [0.5, 0.6) is 0 Å². The predicted molar refractivity (Wildman–Crippen MR) is 143 cm³/mol. The lowest BCUT2D eigenvalue weighted by Gasteiger charge is -2.23. The van der Waals surface area contributed by atoms with E-state index in [4.69, 9.17) is 5.11 Å². The fraction of sp³-hybridized carbons (Fsp3) is 0.241. The summed E-state index contributed by atoms with van der Waals surface area (Å²) in [6, 6.07) is 23.4.